The average Bonchev–Trinajstić information content (AvgIpc) is 2.63. The molecule has 1 aromatic heterocycles. The Bertz CT molecular complexity index is 966. The number of hydrogen-bond donors (Lipinski definition) is 4. The Morgan fingerprint density at radius 1 is 0.962 bits per heavy atom. The zero-order valence-electron chi connectivity index (χ0n) is 13.7. The molecule has 0 aliphatic rings. The molecule has 7 heteroatoms. The molecule has 0 saturated heterocycles. The van der Waals surface area contributed by atoms with Gasteiger partial charge in [-0.15, -0.1) is 0 Å². The molecule has 0 unspecified atom stereocenters. The Kier molecular flexibility index (Phi) is 4.85. The second kappa shape index (κ2) is 7.40. The third-order valence-electron chi connectivity index (χ3n) is 3.78. The van der Waals surface area contributed by atoms with Gasteiger partial charge in [0.1, 0.15) is 23.4 Å². The van der Waals surface area contributed by atoms with Crippen LogP contribution in [0.5, 0.6) is 17.5 Å². The fourth-order valence-corrected chi connectivity index (χ4v) is 2.46. The van der Waals surface area contributed by atoms with E-state index in [4.69, 9.17) is 5.26 Å². The van der Waals surface area contributed by atoms with Crippen LogP contribution in [0.15, 0.2) is 48.5 Å². The van der Waals surface area contributed by atoms with Crippen molar-refractivity contribution in [2.45, 2.75) is 6.42 Å². The van der Waals surface area contributed by atoms with Gasteiger partial charge in [-0.3, -0.25) is 0 Å². The molecule has 0 bridgehead atoms. The smallest absolute Gasteiger partial charge is 0.316 e. The number of rotatable bonds is 5. The fraction of sp³-hybridized carbons (Fsp3) is 0.105. The zero-order valence-corrected chi connectivity index (χ0v) is 13.7. The van der Waals surface area contributed by atoms with Gasteiger partial charge in [0, 0.05) is 18.2 Å². The lowest BCUT2D eigenvalue weighted by Gasteiger charge is -2.09. The number of phenols is 2. The summed E-state index contributed by atoms with van der Waals surface area (Å²) in [6.07, 6.45) is 0.707. The first kappa shape index (κ1) is 17.0. The monoisotopic (exact) mass is 348 g/mol. The molecule has 0 aliphatic carbocycles. The van der Waals surface area contributed by atoms with Gasteiger partial charge in [-0.2, -0.15) is 15.2 Å². The molecular weight excluding hydrogens is 332 g/mol. The summed E-state index contributed by atoms with van der Waals surface area (Å²) >= 11 is 0. The van der Waals surface area contributed by atoms with Crippen LogP contribution >= 0.6 is 0 Å². The molecule has 26 heavy (non-hydrogen) atoms. The predicted molar refractivity (Wildman–Crippen MR) is 95.8 cm³/mol. The second-order valence-corrected chi connectivity index (χ2v) is 5.63. The topological polar surface area (TPSA) is 122 Å². The van der Waals surface area contributed by atoms with E-state index < -0.39 is 0 Å². The van der Waals surface area contributed by atoms with Crippen molar-refractivity contribution < 1.29 is 15.3 Å². The van der Waals surface area contributed by atoms with Gasteiger partial charge in [-0.25, -0.2) is 0 Å². The van der Waals surface area contributed by atoms with Gasteiger partial charge in [0.25, 0.3) is 0 Å². The van der Waals surface area contributed by atoms with E-state index in [1.807, 2.05) is 18.2 Å². The van der Waals surface area contributed by atoms with E-state index in [1.165, 1.54) is 12.1 Å². The highest BCUT2D eigenvalue weighted by Gasteiger charge is 2.09. The normalized spacial score (nSPS) is 10.3. The van der Waals surface area contributed by atoms with Crippen LogP contribution in [0.1, 0.15) is 11.1 Å². The summed E-state index contributed by atoms with van der Waals surface area (Å²) in [5.74, 6) is 0.553. The Balaban J connectivity index is 1.75. The predicted octanol–water partition coefficient (Wildman–Crippen LogP) is 2.79. The van der Waals surface area contributed by atoms with Crippen molar-refractivity contribution in [3.05, 3.63) is 59.7 Å². The van der Waals surface area contributed by atoms with E-state index in [9.17, 15) is 15.3 Å². The van der Waals surface area contributed by atoms with Crippen molar-refractivity contribution in [2.75, 3.05) is 11.9 Å². The third kappa shape index (κ3) is 3.99. The molecule has 0 aliphatic heterocycles. The van der Waals surface area contributed by atoms with Gasteiger partial charge >= 0.3 is 6.01 Å². The Labute approximate surface area is 149 Å². The molecule has 3 aromatic rings. The fourth-order valence-electron chi connectivity index (χ4n) is 2.46. The van der Waals surface area contributed by atoms with Crippen LogP contribution in [0.25, 0.3) is 11.3 Å². The molecule has 7 nitrogen and oxygen atoms in total. The number of aromatic nitrogens is 2. The highest BCUT2D eigenvalue weighted by Crippen LogP contribution is 2.26. The van der Waals surface area contributed by atoms with Crippen molar-refractivity contribution >= 4 is 5.82 Å². The van der Waals surface area contributed by atoms with Crippen LogP contribution in [0.4, 0.5) is 5.82 Å². The van der Waals surface area contributed by atoms with Gasteiger partial charge in [-0.05, 0) is 42.3 Å². The lowest BCUT2D eigenvalue weighted by molar-refractivity contribution is 0.432. The lowest BCUT2D eigenvalue weighted by Crippen LogP contribution is -2.07. The largest absolute Gasteiger partial charge is 0.508 e. The molecule has 0 amide bonds. The third-order valence-corrected chi connectivity index (χ3v) is 3.78. The average molecular weight is 348 g/mol. The van der Waals surface area contributed by atoms with Gasteiger partial charge in [0.15, 0.2) is 0 Å². The molecule has 0 saturated carbocycles. The van der Waals surface area contributed by atoms with Gasteiger partial charge in [-0.1, -0.05) is 12.1 Å². The first-order chi connectivity index (χ1) is 12.5. The summed E-state index contributed by atoms with van der Waals surface area (Å²) < 4.78 is 0. The summed E-state index contributed by atoms with van der Waals surface area (Å²) in [5.41, 5.74) is 2.19. The summed E-state index contributed by atoms with van der Waals surface area (Å²) in [4.78, 5) is 7.91. The van der Waals surface area contributed by atoms with Crippen LogP contribution in [-0.2, 0) is 6.42 Å². The maximum atomic E-state index is 9.78. The Morgan fingerprint density at radius 2 is 1.73 bits per heavy atom. The molecule has 0 spiro atoms. The number of nitrogens with one attached hydrogen (secondary N) is 1. The second-order valence-electron chi connectivity index (χ2n) is 5.63. The molecule has 4 N–H and O–H groups in total. The number of nitrogens with zero attached hydrogens (tertiary/aromatic N) is 3. The number of benzene rings is 2. The summed E-state index contributed by atoms with van der Waals surface area (Å²) in [6.45, 7) is 0.569. The minimum atomic E-state index is -0.388. The highest BCUT2D eigenvalue weighted by molar-refractivity contribution is 5.66. The summed E-state index contributed by atoms with van der Waals surface area (Å²) in [7, 11) is 0. The molecular formula is C19H16N4O3. The maximum Gasteiger partial charge on any atom is 0.316 e. The molecule has 0 radical (unpaired) electrons. The van der Waals surface area contributed by atoms with E-state index in [1.54, 1.807) is 24.3 Å². The maximum absolute atomic E-state index is 9.78. The molecule has 0 fully saturated rings. The first-order valence-electron chi connectivity index (χ1n) is 7.88. The van der Waals surface area contributed by atoms with Gasteiger partial charge < -0.3 is 20.6 Å². The molecule has 1 heterocycles. The van der Waals surface area contributed by atoms with Crippen molar-refractivity contribution in [1.29, 1.82) is 5.26 Å². The highest BCUT2D eigenvalue weighted by atomic mass is 16.3. The quantitative estimate of drug-likeness (QED) is 0.559. The SMILES string of the molecule is N#Cc1cc(-c2cc(NCCc3ccc(O)cc3)nc(O)n2)ccc1O. The minimum Gasteiger partial charge on any atom is -0.508 e. The summed E-state index contributed by atoms with van der Waals surface area (Å²) in [6, 6.07) is 14.6. The molecule has 0 atom stereocenters. The van der Waals surface area contributed by atoms with Gasteiger partial charge in [0.2, 0.25) is 0 Å². The number of anilines is 1. The van der Waals surface area contributed by atoms with Crippen LogP contribution in [0.3, 0.4) is 0 Å². The van der Waals surface area contributed by atoms with E-state index >= 15 is 0 Å². The zero-order chi connectivity index (χ0) is 18.5. The minimum absolute atomic E-state index is 0.109. The van der Waals surface area contributed by atoms with Crippen LogP contribution in [-0.4, -0.2) is 31.8 Å². The molecule has 2 aromatic carbocycles. The first-order valence-corrected chi connectivity index (χ1v) is 7.88. The van der Waals surface area contributed by atoms with Gasteiger partial charge in [0.05, 0.1) is 11.3 Å². The standard InChI is InChI=1S/C19H16N4O3/c20-11-14-9-13(3-6-17(14)25)16-10-18(23-19(26)22-16)21-8-7-12-1-4-15(24)5-2-12/h1-6,9-10,24-25H,7-8H2,(H2,21,22,23,26). The van der Waals surface area contributed by atoms with E-state index in [2.05, 4.69) is 15.3 Å². The number of hydrogen-bond acceptors (Lipinski definition) is 7. The van der Waals surface area contributed by atoms with Crippen molar-refractivity contribution in [3.63, 3.8) is 0 Å². The molecule has 130 valence electrons. The summed E-state index contributed by atoms with van der Waals surface area (Å²) in [5, 5.41) is 40.8. The van der Waals surface area contributed by atoms with E-state index in [0.717, 1.165) is 5.56 Å². The Morgan fingerprint density at radius 3 is 2.46 bits per heavy atom. The van der Waals surface area contributed by atoms with Crippen molar-refractivity contribution in [2.24, 2.45) is 0 Å². The Hall–Kier alpha value is -3.79. The van der Waals surface area contributed by atoms with Crippen molar-refractivity contribution in [3.8, 4) is 34.8 Å². The van der Waals surface area contributed by atoms with Crippen molar-refractivity contribution in [1.82, 2.24) is 9.97 Å². The lowest BCUT2D eigenvalue weighted by atomic mass is 10.1. The van der Waals surface area contributed by atoms with E-state index in [-0.39, 0.29) is 23.1 Å². The number of phenolic OH excluding ortho intramolecular Hbond substituents is 2. The number of aromatic hydroxyl groups is 3. The van der Waals surface area contributed by atoms with Crippen LogP contribution < -0.4 is 5.32 Å². The molecule has 3 rings (SSSR count). The van der Waals surface area contributed by atoms with Crippen LogP contribution in [0, 0.1) is 11.3 Å². The number of nitriles is 1. The van der Waals surface area contributed by atoms with E-state index in [0.29, 0.717) is 30.0 Å². The van der Waals surface area contributed by atoms with Crippen LogP contribution in [0.2, 0.25) is 0 Å².